The summed E-state index contributed by atoms with van der Waals surface area (Å²) in [5, 5.41) is 17.9. The summed E-state index contributed by atoms with van der Waals surface area (Å²) in [6.45, 7) is 3.99. The number of hydrogen-bond donors (Lipinski definition) is 2. The second kappa shape index (κ2) is 5.55. The fourth-order valence-corrected chi connectivity index (χ4v) is 2.97. The van der Waals surface area contributed by atoms with E-state index in [1.165, 1.54) is 17.8 Å². The average Bonchev–Trinajstić information content (AvgIpc) is 2.99. The monoisotopic (exact) mass is 312 g/mol. The third kappa shape index (κ3) is 2.51. The lowest BCUT2D eigenvalue weighted by molar-refractivity contribution is 0.433. The molecule has 0 radical (unpaired) electrons. The van der Waals surface area contributed by atoms with Crippen molar-refractivity contribution < 1.29 is 9.50 Å². The minimum absolute atomic E-state index is 0.364. The molecule has 0 saturated carbocycles. The molecule has 4 rings (SSSR count). The maximum Gasteiger partial charge on any atom is 0.165 e. The van der Waals surface area contributed by atoms with Crippen LogP contribution >= 0.6 is 0 Å². The number of benzene rings is 2. The molecule has 2 aromatic carbocycles. The smallest absolute Gasteiger partial charge is 0.165 e. The van der Waals surface area contributed by atoms with E-state index in [2.05, 4.69) is 27.4 Å². The van der Waals surface area contributed by atoms with Gasteiger partial charge in [-0.2, -0.15) is 5.10 Å². The fraction of sp³-hybridized carbons (Fsp3) is 0.235. The molecule has 1 aromatic heterocycles. The number of nitrogens with one attached hydrogen (secondary N) is 1. The highest BCUT2D eigenvalue weighted by molar-refractivity contribution is 5.82. The molecule has 0 aliphatic carbocycles. The lowest BCUT2D eigenvalue weighted by atomic mass is 10.2. The molecule has 1 fully saturated rings. The van der Waals surface area contributed by atoms with E-state index in [4.69, 9.17) is 0 Å². The molecule has 6 heteroatoms. The third-order valence-corrected chi connectivity index (χ3v) is 4.21. The Morgan fingerprint density at radius 3 is 2.48 bits per heavy atom. The first-order valence-electron chi connectivity index (χ1n) is 7.65. The molecule has 2 heterocycles. The maximum absolute atomic E-state index is 13.4. The quantitative estimate of drug-likeness (QED) is 0.762. The van der Waals surface area contributed by atoms with Crippen LogP contribution in [-0.2, 0) is 0 Å². The van der Waals surface area contributed by atoms with Crippen molar-refractivity contribution in [3.8, 4) is 11.4 Å². The zero-order chi connectivity index (χ0) is 15.8. The molecule has 118 valence electrons. The van der Waals surface area contributed by atoms with Gasteiger partial charge in [0.2, 0.25) is 0 Å². The summed E-state index contributed by atoms with van der Waals surface area (Å²) in [5.41, 5.74) is 2.74. The van der Waals surface area contributed by atoms with E-state index in [1.54, 1.807) is 10.9 Å². The summed E-state index contributed by atoms with van der Waals surface area (Å²) in [6.07, 6.45) is 1.60. The van der Waals surface area contributed by atoms with Crippen LogP contribution in [0, 0.1) is 5.82 Å². The maximum atomic E-state index is 13.4. The number of halogens is 1. The minimum atomic E-state index is -0.633. The normalized spacial score (nSPS) is 15.3. The van der Waals surface area contributed by atoms with Crippen LogP contribution < -0.4 is 10.2 Å². The van der Waals surface area contributed by atoms with E-state index in [9.17, 15) is 9.50 Å². The standard InChI is InChI=1S/C17H17FN4O/c18-15-9-12-11-20-22(16(12)10-17(15)23)14-3-1-13(2-4-14)21-7-5-19-6-8-21/h1-4,9-11,19,23H,5-8H2. The topological polar surface area (TPSA) is 53.3 Å². The number of hydrogen-bond acceptors (Lipinski definition) is 4. The number of phenols is 1. The van der Waals surface area contributed by atoms with Crippen LogP contribution in [0.15, 0.2) is 42.6 Å². The van der Waals surface area contributed by atoms with Gasteiger partial charge in [-0.15, -0.1) is 0 Å². The molecule has 0 bridgehead atoms. The molecule has 2 N–H and O–H groups in total. The first-order valence-corrected chi connectivity index (χ1v) is 7.65. The van der Waals surface area contributed by atoms with E-state index in [0.717, 1.165) is 31.9 Å². The summed E-state index contributed by atoms with van der Waals surface area (Å²) in [7, 11) is 0. The third-order valence-electron chi connectivity index (χ3n) is 4.21. The zero-order valence-electron chi connectivity index (χ0n) is 12.5. The van der Waals surface area contributed by atoms with Crippen molar-refractivity contribution in [1.29, 1.82) is 0 Å². The van der Waals surface area contributed by atoms with Crippen molar-refractivity contribution in [3.63, 3.8) is 0 Å². The molecule has 0 amide bonds. The molecule has 5 nitrogen and oxygen atoms in total. The summed E-state index contributed by atoms with van der Waals surface area (Å²) in [4.78, 5) is 2.34. The number of fused-ring (bicyclic) bond motifs is 1. The lowest BCUT2D eigenvalue weighted by Crippen LogP contribution is -2.43. The first-order chi connectivity index (χ1) is 11.2. The van der Waals surface area contributed by atoms with Crippen molar-refractivity contribution in [1.82, 2.24) is 15.1 Å². The highest BCUT2D eigenvalue weighted by Crippen LogP contribution is 2.26. The van der Waals surface area contributed by atoms with Crippen LogP contribution in [0.2, 0.25) is 0 Å². The molecule has 0 unspecified atom stereocenters. The van der Waals surface area contributed by atoms with Crippen LogP contribution in [0.3, 0.4) is 0 Å². The second-order valence-corrected chi connectivity index (χ2v) is 5.67. The molecule has 1 aliphatic rings. The van der Waals surface area contributed by atoms with Gasteiger partial charge in [0.1, 0.15) is 0 Å². The number of anilines is 1. The molecular formula is C17H17FN4O. The predicted octanol–water partition coefficient (Wildman–Crippen LogP) is 2.28. The van der Waals surface area contributed by atoms with Gasteiger partial charge in [0.15, 0.2) is 11.6 Å². The van der Waals surface area contributed by atoms with Crippen LogP contribution in [0.4, 0.5) is 10.1 Å². The lowest BCUT2D eigenvalue weighted by Gasteiger charge is -2.29. The Kier molecular flexibility index (Phi) is 3.38. The molecule has 1 saturated heterocycles. The summed E-state index contributed by atoms with van der Waals surface area (Å²) in [6, 6.07) is 10.8. The van der Waals surface area contributed by atoms with Crippen molar-refractivity contribution in [3.05, 3.63) is 48.4 Å². The van der Waals surface area contributed by atoms with Crippen molar-refractivity contribution in [2.24, 2.45) is 0 Å². The predicted molar refractivity (Wildman–Crippen MR) is 87.8 cm³/mol. The Morgan fingerprint density at radius 2 is 1.74 bits per heavy atom. The van der Waals surface area contributed by atoms with Gasteiger partial charge < -0.3 is 15.3 Å². The minimum Gasteiger partial charge on any atom is -0.505 e. The van der Waals surface area contributed by atoms with Gasteiger partial charge in [-0.25, -0.2) is 9.07 Å². The highest BCUT2D eigenvalue weighted by atomic mass is 19.1. The van der Waals surface area contributed by atoms with Crippen LogP contribution in [0.5, 0.6) is 5.75 Å². The molecular weight excluding hydrogens is 295 g/mol. The second-order valence-electron chi connectivity index (χ2n) is 5.67. The Balaban J connectivity index is 1.69. The van der Waals surface area contributed by atoms with Gasteiger partial charge in [0.25, 0.3) is 0 Å². The number of aromatic hydroxyl groups is 1. The van der Waals surface area contributed by atoms with Crippen molar-refractivity contribution >= 4 is 16.6 Å². The van der Waals surface area contributed by atoms with Gasteiger partial charge >= 0.3 is 0 Å². The van der Waals surface area contributed by atoms with Crippen LogP contribution in [0.1, 0.15) is 0 Å². The van der Waals surface area contributed by atoms with Gasteiger partial charge in [-0.05, 0) is 30.3 Å². The molecule has 3 aromatic rings. The number of nitrogens with zero attached hydrogens (tertiary/aromatic N) is 3. The summed E-state index contributed by atoms with van der Waals surface area (Å²) >= 11 is 0. The van der Waals surface area contributed by atoms with Gasteiger partial charge in [-0.3, -0.25) is 0 Å². The zero-order valence-corrected chi connectivity index (χ0v) is 12.5. The average molecular weight is 312 g/mol. The number of phenolic OH excluding ortho intramolecular Hbond substituents is 1. The van der Waals surface area contributed by atoms with E-state index < -0.39 is 5.82 Å². The van der Waals surface area contributed by atoms with Crippen molar-refractivity contribution in [2.45, 2.75) is 0 Å². The largest absolute Gasteiger partial charge is 0.505 e. The van der Waals surface area contributed by atoms with E-state index in [1.807, 2.05) is 12.1 Å². The Hall–Kier alpha value is -2.60. The summed E-state index contributed by atoms with van der Waals surface area (Å²) in [5.74, 6) is -0.997. The van der Waals surface area contributed by atoms with Crippen LogP contribution in [-0.4, -0.2) is 41.1 Å². The molecule has 0 atom stereocenters. The number of rotatable bonds is 2. The Labute approximate surface area is 133 Å². The number of aromatic nitrogens is 2. The summed E-state index contributed by atoms with van der Waals surface area (Å²) < 4.78 is 15.1. The molecule has 23 heavy (non-hydrogen) atoms. The Bertz CT molecular complexity index is 838. The SMILES string of the molecule is Oc1cc2c(cnn2-c2ccc(N3CCNCC3)cc2)cc1F. The van der Waals surface area contributed by atoms with Crippen molar-refractivity contribution in [2.75, 3.05) is 31.1 Å². The Morgan fingerprint density at radius 1 is 1.04 bits per heavy atom. The van der Waals surface area contributed by atoms with E-state index in [0.29, 0.717) is 10.9 Å². The van der Waals surface area contributed by atoms with Gasteiger partial charge in [-0.1, -0.05) is 0 Å². The van der Waals surface area contributed by atoms with Gasteiger partial charge in [0, 0.05) is 43.3 Å². The number of piperazine rings is 1. The highest BCUT2D eigenvalue weighted by Gasteiger charge is 2.12. The van der Waals surface area contributed by atoms with Crippen LogP contribution in [0.25, 0.3) is 16.6 Å². The molecule has 0 spiro atoms. The molecule has 1 aliphatic heterocycles. The first kappa shape index (κ1) is 14.0. The fourth-order valence-electron chi connectivity index (χ4n) is 2.97. The van der Waals surface area contributed by atoms with Gasteiger partial charge in [0.05, 0.1) is 17.4 Å². The van der Waals surface area contributed by atoms with E-state index >= 15 is 0 Å². The van der Waals surface area contributed by atoms with E-state index in [-0.39, 0.29) is 5.75 Å².